The Morgan fingerprint density at radius 2 is 1.82 bits per heavy atom. The molecule has 1 aliphatic heterocycles. The van der Waals surface area contributed by atoms with E-state index >= 15 is 0 Å². The van der Waals surface area contributed by atoms with E-state index in [9.17, 15) is 14.4 Å². The summed E-state index contributed by atoms with van der Waals surface area (Å²) in [7, 11) is 0. The average molecular weight is 316 g/mol. The van der Waals surface area contributed by atoms with Crippen LogP contribution in [0.4, 0.5) is 9.59 Å². The number of alkyl carbamates (subject to hydrolysis) is 1. The molecule has 0 bridgehead atoms. The third kappa shape index (κ3) is 7.14. The molecule has 0 unspecified atom stereocenters. The zero-order valence-electron chi connectivity index (χ0n) is 13.3. The minimum absolute atomic E-state index is 0.232. The summed E-state index contributed by atoms with van der Waals surface area (Å²) in [5.41, 5.74) is -0.511. The standard InChI is InChI=1S/C14H24N2O6/c1-14(2,3)22-13(20)16-6-4-10(5-7-16)8-15-12(19)21-9-11(17)18/h10H,4-9H2,1-3H3,(H,15,19)(H,17,18). The second-order valence-electron chi connectivity index (χ2n) is 6.26. The summed E-state index contributed by atoms with van der Waals surface area (Å²) in [4.78, 5) is 35.0. The van der Waals surface area contributed by atoms with Gasteiger partial charge in [-0.1, -0.05) is 0 Å². The van der Waals surface area contributed by atoms with Crippen molar-refractivity contribution in [3.05, 3.63) is 0 Å². The number of carbonyl (C=O) groups excluding carboxylic acids is 2. The summed E-state index contributed by atoms with van der Waals surface area (Å²) in [5.74, 6) is -0.961. The Labute approximate surface area is 129 Å². The molecular weight excluding hydrogens is 292 g/mol. The fourth-order valence-corrected chi connectivity index (χ4v) is 2.05. The van der Waals surface area contributed by atoms with Gasteiger partial charge in [0.25, 0.3) is 0 Å². The van der Waals surface area contributed by atoms with Gasteiger partial charge >= 0.3 is 18.2 Å². The molecule has 22 heavy (non-hydrogen) atoms. The first-order valence-corrected chi connectivity index (χ1v) is 7.27. The minimum atomic E-state index is -1.19. The first-order chi connectivity index (χ1) is 10.2. The maximum atomic E-state index is 11.9. The van der Waals surface area contributed by atoms with Crippen LogP contribution in [0.5, 0.6) is 0 Å². The van der Waals surface area contributed by atoms with Gasteiger partial charge in [0.1, 0.15) is 5.60 Å². The van der Waals surface area contributed by atoms with E-state index in [0.717, 1.165) is 12.8 Å². The summed E-state index contributed by atoms with van der Waals surface area (Å²) in [6, 6.07) is 0. The molecule has 8 nitrogen and oxygen atoms in total. The molecule has 126 valence electrons. The molecule has 1 saturated heterocycles. The number of carboxylic acid groups (broad SMARTS) is 1. The first-order valence-electron chi connectivity index (χ1n) is 7.27. The van der Waals surface area contributed by atoms with Gasteiger partial charge in [0.05, 0.1) is 0 Å². The normalized spacial score (nSPS) is 16.0. The van der Waals surface area contributed by atoms with E-state index in [1.807, 2.05) is 20.8 Å². The van der Waals surface area contributed by atoms with Gasteiger partial charge in [-0.25, -0.2) is 14.4 Å². The van der Waals surface area contributed by atoms with E-state index in [0.29, 0.717) is 19.6 Å². The fraction of sp³-hybridized carbons (Fsp3) is 0.786. The van der Waals surface area contributed by atoms with Crippen molar-refractivity contribution in [3.63, 3.8) is 0 Å². The number of amides is 2. The van der Waals surface area contributed by atoms with Crippen LogP contribution < -0.4 is 5.32 Å². The van der Waals surface area contributed by atoms with Gasteiger partial charge in [-0.3, -0.25) is 0 Å². The molecule has 1 rings (SSSR count). The van der Waals surface area contributed by atoms with Crippen molar-refractivity contribution >= 4 is 18.2 Å². The molecule has 2 N–H and O–H groups in total. The van der Waals surface area contributed by atoms with Crippen molar-refractivity contribution in [1.82, 2.24) is 10.2 Å². The van der Waals surface area contributed by atoms with Gasteiger partial charge in [0.2, 0.25) is 0 Å². The monoisotopic (exact) mass is 316 g/mol. The van der Waals surface area contributed by atoms with Crippen LogP contribution in [0.25, 0.3) is 0 Å². The zero-order valence-corrected chi connectivity index (χ0v) is 13.3. The van der Waals surface area contributed by atoms with Crippen LogP contribution in [-0.2, 0) is 14.3 Å². The Kier molecular flexibility index (Phi) is 6.45. The van der Waals surface area contributed by atoms with E-state index in [2.05, 4.69) is 10.1 Å². The molecule has 0 saturated carbocycles. The first kappa shape index (κ1) is 18.1. The predicted octanol–water partition coefficient (Wildman–Crippen LogP) is 1.44. The molecule has 1 heterocycles. The number of hydrogen-bond donors (Lipinski definition) is 2. The third-order valence-corrected chi connectivity index (χ3v) is 3.13. The lowest BCUT2D eigenvalue weighted by molar-refractivity contribution is -0.140. The summed E-state index contributed by atoms with van der Waals surface area (Å²) in [5, 5.41) is 10.9. The summed E-state index contributed by atoms with van der Waals surface area (Å²) < 4.78 is 9.78. The van der Waals surface area contributed by atoms with Crippen LogP contribution >= 0.6 is 0 Å². The number of nitrogens with zero attached hydrogens (tertiary/aromatic N) is 1. The number of aliphatic carboxylic acids is 1. The summed E-state index contributed by atoms with van der Waals surface area (Å²) >= 11 is 0. The SMILES string of the molecule is CC(C)(C)OC(=O)N1CCC(CNC(=O)OCC(=O)O)CC1. The Bertz CT molecular complexity index is 410. The molecule has 0 radical (unpaired) electrons. The lowest BCUT2D eigenvalue weighted by Gasteiger charge is -2.33. The predicted molar refractivity (Wildman–Crippen MR) is 77.5 cm³/mol. The summed E-state index contributed by atoms with van der Waals surface area (Å²) in [6.45, 7) is 6.37. The number of likely N-dealkylation sites (tertiary alicyclic amines) is 1. The van der Waals surface area contributed by atoms with Crippen molar-refractivity contribution in [2.45, 2.75) is 39.2 Å². The largest absolute Gasteiger partial charge is 0.479 e. The average Bonchev–Trinajstić information content (AvgIpc) is 2.41. The van der Waals surface area contributed by atoms with Crippen molar-refractivity contribution in [2.75, 3.05) is 26.2 Å². The number of carboxylic acids is 1. The van der Waals surface area contributed by atoms with Crippen LogP contribution in [0.15, 0.2) is 0 Å². The highest BCUT2D eigenvalue weighted by Crippen LogP contribution is 2.19. The Balaban J connectivity index is 2.24. The fourth-order valence-electron chi connectivity index (χ4n) is 2.05. The highest BCUT2D eigenvalue weighted by atomic mass is 16.6. The van der Waals surface area contributed by atoms with Crippen LogP contribution in [0.1, 0.15) is 33.6 Å². The van der Waals surface area contributed by atoms with Gasteiger partial charge < -0.3 is 24.8 Å². The Hall–Kier alpha value is -1.99. The highest BCUT2D eigenvalue weighted by Gasteiger charge is 2.27. The molecule has 0 aromatic rings. The van der Waals surface area contributed by atoms with Crippen molar-refractivity contribution in [2.24, 2.45) is 5.92 Å². The Morgan fingerprint density at radius 1 is 1.23 bits per heavy atom. The molecule has 8 heteroatoms. The maximum absolute atomic E-state index is 11.9. The molecule has 2 amide bonds. The maximum Gasteiger partial charge on any atom is 0.410 e. The number of piperidine rings is 1. The van der Waals surface area contributed by atoms with E-state index in [1.165, 1.54) is 0 Å². The van der Waals surface area contributed by atoms with E-state index in [-0.39, 0.29) is 12.0 Å². The van der Waals surface area contributed by atoms with E-state index in [1.54, 1.807) is 4.90 Å². The number of ether oxygens (including phenoxy) is 2. The smallest absolute Gasteiger partial charge is 0.410 e. The number of hydrogen-bond acceptors (Lipinski definition) is 5. The lowest BCUT2D eigenvalue weighted by atomic mass is 9.97. The van der Waals surface area contributed by atoms with Crippen LogP contribution in [0.2, 0.25) is 0 Å². The minimum Gasteiger partial charge on any atom is -0.479 e. The van der Waals surface area contributed by atoms with E-state index in [4.69, 9.17) is 9.84 Å². The molecule has 0 spiro atoms. The molecule has 0 atom stereocenters. The lowest BCUT2D eigenvalue weighted by Crippen LogP contribution is -2.43. The molecule has 0 aliphatic carbocycles. The molecule has 1 aliphatic rings. The topological polar surface area (TPSA) is 105 Å². The Morgan fingerprint density at radius 3 is 2.32 bits per heavy atom. The van der Waals surface area contributed by atoms with Crippen molar-refractivity contribution in [1.29, 1.82) is 0 Å². The van der Waals surface area contributed by atoms with E-state index < -0.39 is 24.3 Å². The molecule has 1 fully saturated rings. The van der Waals surface area contributed by atoms with Gasteiger partial charge in [0.15, 0.2) is 6.61 Å². The van der Waals surface area contributed by atoms with Gasteiger partial charge in [-0.05, 0) is 39.5 Å². The van der Waals surface area contributed by atoms with Crippen molar-refractivity contribution in [3.8, 4) is 0 Å². The van der Waals surface area contributed by atoms with Crippen LogP contribution in [0, 0.1) is 5.92 Å². The molecule has 0 aromatic carbocycles. The highest BCUT2D eigenvalue weighted by molar-refractivity contribution is 5.74. The quantitative estimate of drug-likeness (QED) is 0.813. The molecular formula is C14H24N2O6. The second kappa shape index (κ2) is 7.86. The van der Waals surface area contributed by atoms with Crippen LogP contribution in [0.3, 0.4) is 0 Å². The van der Waals surface area contributed by atoms with Gasteiger partial charge in [-0.2, -0.15) is 0 Å². The number of nitrogens with one attached hydrogen (secondary N) is 1. The van der Waals surface area contributed by atoms with Crippen LogP contribution in [-0.4, -0.2) is 60.0 Å². The third-order valence-electron chi connectivity index (χ3n) is 3.13. The molecule has 0 aromatic heterocycles. The van der Waals surface area contributed by atoms with Gasteiger partial charge in [0, 0.05) is 19.6 Å². The number of carbonyl (C=O) groups is 3. The van der Waals surface area contributed by atoms with Crippen molar-refractivity contribution < 1.29 is 29.0 Å². The number of rotatable bonds is 4. The second-order valence-corrected chi connectivity index (χ2v) is 6.26. The summed E-state index contributed by atoms with van der Waals surface area (Å²) in [6.07, 6.45) is 0.438. The zero-order chi connectivity index (χ0) is 16.8. The van der Waals surface area contributed by atoms with Gasteiger partial charge in [-0.15, -0.1) is 0 Å².